The lowest BCUT2D eigenvalue weighted by Gasteiger charge is -2.15. The van der Waals surface area contributed by atoms with Gasteiger partial charge in [0.1, 0.15) is 11.6 Å². The maximum absolute atomic E-state index is 13.4. The molecule has 1 aromatic rings. The molecular weight excluding hydrogens is 273 g/mol. The Hall–Kier alpha value is -1.86. The van der Waals surface area contributed by atoms with E-state index in [1.165, 1.54) is 13.2 Å². The Morgan fingerprint density at radius 3 is 2.53 bits per heavy atom. The van der Waals surface area contributed by atoms with Crippen LogP contribution in [0.4, 0.5) is 22.0 Å². The fourth-order valence-corrected chi connectivity index (χ4v) is 1.18. The molecule has 0 aliphatic heterocycles. The quantitative estimate of drug-likeness (QED) is 0.843. The van der Waals surface area contributed by atoms with Gasteiger partial charge in [-0.1, -0.05) is 0 Å². The normalized spacial score (nSPS) is 11.5. The van der Waals surface area contributed by atoms with Crippen molar-refractivity contribution in [2.45, 2.75) is 12.3 Å². The summed E-state index contributed by atoms with van der Waals surface area (Å²) >= 11 is 0. The van der Waals surface area contributed by atoms with Gasteiger partial charge in [-0.3, -0.25) is 4.79 Å². The lowest BCUT2D eigenvalue weighted by Crippen LogP contribution is -2.41. The van der Waals surface area contributed by atoms with Crippen LogP contribution in [-0.2, 0) is 0 Å². The Balaban J connectivity index is 2.74. The summed E-state index contributed by atoms with van der Waals surface area (Å²) in [4.78, 5) is 11.4. The molecule has 0 bridgehead atoms. The summed E-state index contributed by atoms with van der Waals surface area (Å²) in [5.74, 6) is -6.44. The number of alkyl halides is 4. The molecule has 1 amide bonds. The molecule has 0 saturated carbocycles. The van der Waals surface area contributed by atoms with Gasteiger partial charge in [0, 0.05) is 6.07 Å². The highest BCUT2D eigenvalue weighted by Crippen LogP contribution is 2.22. The van der Waals surface area contributed by atoms with E-state index in [0.717, 1.165) is 12.1 Å². The second-order valence-electron chi connectivity index (χ2n) is 3.59. The highest BCUT2D eigenvalue weighted by atomic mass is 19.3. The van der Waals surface area contributed by atoms with Crippen molar-refractivity contribution < 1.29 is 31.5 Å². The van der Waals surface area contributed by atoms with Gasteiger partial charge in [-0.05, 0) is 12.1 Å². The number of carbonyl (C=O) groups is 1. The minimum absolute atomic E-state index is 0.131. The van der Waals surface area contributed by atoms with Crippen LogP contribution in [0.5, 0.6) is 5.75 Å². The first-order valence-electron chi connectivity index (χ1n) is 5.05. The van der Waals surface area contributed by atoms with Gasteiger partial charge in [0.05, 0.1) is 19.2 Å². The van der Waals surface area contributed by atoms with E-state index < -0.39 is 36.2 Å². The second-order valence-corrected chi connectivity index (χ2v) is 3.59. The molecule has 0 radical (unpaired) electrons. The van der Waals surface area contributed by atoms with E-state index in [9.17, 15) is 26.7 Å². The maximum Gasteiger partial charge on any atom is 0.324 e. The standard InChI is InChI=1S/C11H10F5NO2/c1-19-6-2-3-7(8(12)4-6)9(18)17-5-11(15,16)10(13)14/h2-4,10H,5H2,1H3,(H,17,18). The zero-order chi connectivity index (χ0) is 14.6. The number of rotatable bonds is 5. The van der Waals surface area contributed by atoms with Crippen molar-refractivity contribution >= 4 is 5.91 Å². The second kappa shape index (κ2) is 5.85. The molecule has 19 heavy (non-hydrogen) atoms. The van der Waals surface area contributed by atoms with Crippen LogP contribution in [0, 0.1) is 5.82 Å². The molecule has 1 N–H and O–H groups in total. The van der Waals surface area contributed by atoms with Crippen molar-refractivity contribution in [2.24, 2.45) is 0 Å². The number of amides is 1. The van der Waals surface area contributed by atoms with E-state index >= 15 is 0 Å². The number of carbonyl (C=O) groups excluding carboxylic acids is 1. The number of hydrogen-bond acceptors (Lipinski definition) is 2. The van der Waals surface area contributed by atoms with E-state index in [2.05, 4.69) is 4.74 Å². The number of methoxy groups -OCH3 is 1. The predicted molar refractivity (Wildman–Crippen MR) is 56.2 cm³/mol. The summed E-state index contributed by atoms with van der Waals surface area (Å²) in [6.45, 7) is -1.57. The van der Waals surface area contributed by atoms with E-state index in [4.69, 9.17) is 0 Å². The monoisotopic (exact) mass is 283 g/mol. The molecule has 3 nitrogen and oxygen atoms in total. The minimum atomic E-state index is -4.36. The fraction of sp³-hybridized carbons (Fsp3) is 0.364. The largest absolute Gasteiger partial charge is 0.497 e. The van der Waals surface area contributed by atoms with Crippen LogP contribution in [0.2, 0.25) is 0 Å². The molecule has 0 aromatic heterocycles. The molecule has 0 spiro atoms. The third-order valence-corrected chi connectivity index (χ3v) is 2.22. The van der Waals surface area contributed by atoms with Gasteiger partial charge in [-0.15, -0.1) is 0 Å². The molecule has 1 aromatic carbocycles. The van der Waals surface area contributed by atoms with Gasteiger partial charge in [0.2, 0.25) is 0 Å². The number of nitrogens with one attached hydrogen (secondary N) is 1. The topological polar surface area (TPSA) is 38.3 Å². The number of hydrogen-bond donors (Lipinski definition) is 1. The molecule has 8 heteroatoms. The first kappa shape index (κ1) is 15.2. The van der Waals surface area contributed by atoms with Crippen LogP contribution in [0.3, 0.4) is 0 Å². The third kappa shape index (κ3) is 3.80. The van der Waals surface area contributed by atoms with Crippen molar-refractivity contribution in [1.29, 1.82) is 0 Å². The Bertz CT molecular complexity index is 464. The molecule has 0 heterocycles. The van der Waals surface area contributed by atoms with E-state index in [0.29, 0.717) is 0 Å². The number of benzene rings is 1. The van der Waals surface area contributed by atoms with Crippen molar-refractivity contribution in [3.63, 3.8) is 0 Å². The van der Waals surface area contributed by atoms with Crippen LogP contribution in [-0.4, -0.2) is 31.9 Å². The number of ether oxygens (including phenoxy) is 1. The summed E-state index contributed by atoms with van der Waals surface area (Å²) in [6.07, 6.45) is -3.91. The summed E-state index contributed by atoms with van der Waals surface area (Å²) in [5.41, 5.74) is -0.536. The summed E-state index contributed by atoms with van der Waals surface area (Å²) in [7, 11) is 1.28. The third-order valence-electron chi connectivity index (χ3n) is 2.22. The van der Waals surface area contributed by atoms with E-state index in [-0.39, 0.29) is 5.75 Å². The number of halogens is 5. The van der Waals surface area contributed by atoms with Gasteiger partial charge >= 0.3 is 12.3 Å². The van der Waals surface area contributed by atoms with Crippen molar-refractivity contribution in [1.82, 2.24) is 5.32 Å². The summed E-state index contributed by atoms with van der Waals surface area (Å²) in [6, 6.07) is 3.12. The first-order valence-corrected chi connectivity index (χ1v) is 5.05. The Morgan fingerprint density at radius 2 is 2.05 bits per heavy atom. The lowest BCUT2D eigenvalue weighted by molar-refractivity contribution is -0.123. The molecule has 0 unspecified atom stereocenters. The molecule has 0 atom stereocenters. The molecule has 106 valence electrons. The molecule has 0 aliphatic rings. The van der Waals surface area contributed by atoms with Crippen LogP contribution >= 0.6 is 0 Å². The van der Waals surface area contributed by atoms with Gasteiger partial charge in [-0.25, -0.2) is 13.2 Å². The first-order chi connectivity index (χ1) is 8.77. The van der Waals surface area contributed by atoms with Crippen LogP contribution in [0.25, 0.3) is 0 Å². The van der Waals surface area contributed by atoms with E-state index in [1.54, 1.807) is 5.32 Å². The summed E-state index contributed by atoms with van der Waals surface area (Å²) < 4.78 is 66.9. The summed E-state index contributed by atoms with van der Waals surface area (Å²) in [5, 5.41) is 1.55. The van der Waals surface area contributed by atoms with Crippen molar-refractivity contribution in [3.8, 4) is 5.75 Å². The van der Waals surface area contributed by atoms with Crippen molar-refractivity contribution in [3.05, 3.63) is 29.6 Å². The van der Waals surface area contributed by atoms with Gasteiger partial charge in [0.25, 0.3) is 5.91 Å². The Morgan fingerprint density at radius 1 is 1.42 bits per heavy atom. The zero-order valence-electron chi connectivity index (χ0n) is 9.72. The Kier molecular flexibility index (Phi) is 4.68. The van der Waals surface area contributed by atoms with Gasteiger partial charge < -0.3 is 10.1 Å². The average molecular weight is 283 g/mol. The van der Waals surface area contributed by atoms with Crippen LogP contribution in [0.1, 0.15) is 10.4 Å². The molecule has 0 saturated heterocycles. The minimum Gasteiger partial charge on any atom is -0.497 e. The van der Waals surface area contributed by atoms with E-state index in [1.807, 2.05) is 0 Å². The fourth-order valence-electron chi connectivity index (χ4n) is 1.18. The van der Waals surface area contributed by atoms with Gasteiger partial charge in [-0.2, -0.15) is 8.78 Å². The molecule has 1 rings (SSSR count). The van der Waals surface area contributed by atoms with Crippen LogP contribution in [0.15, 0.2) is 18.2 Å². The predicted octanol–water partition coefficient (Wildman–Crippen LogP) is 2.46. The smallest absolute Gasteiger partial charge is 0.324 e. The lowest BCUT2D eigenvalue weighted by atomic mass is 10.2. The molecule has 0 fully saturated rings. The average Bonchev–Trinajstić information content (AvgIpc) is 2.35. The SMILES string of the molecule is COc1ccc(C(=O)NCC(F)(F)C(F)F)c(F)c1. The van der Waals surface area contributed by atoms with Gasteiger partial charge in [0.15, 0.2) is 0 Å². The van der Waals surface area contributed by atoms with Crippen molar-refractivity contribution in [2.75, 3.05) is 13.7 Å². The van der Waals surface area contributed by atoms with Crippen LogP contribution < -0.4 is 10.1 Å². The zero-order valence-corrected chi connectivity index (χ0v) is 9.72. The highest BCUT2D eigenvalue weighted by Gasteiger charge is 2.40. The maximum atomic E-state index is 13.4. The molecular formula is C11H10F5NO2. The molecule has 0 aliphatic carbocycles. The Labute approximate surface area is 105 Å². The highest BCUT2D eigenvalue weighted by molar-refractivity contribution is 5.94.